The molecule has 1 saturated heterocycles. The lowest BCUT2D eigenvalue weighted by Gasteiger charge is -2.29. The number of piperidine rings is 1. The summed E-state index contributed by atoms with van der Waals surface area (Å²) in [5.74, 6) is 2.90. The fourth-order valence-electron chi connectivity index (χ4n) is 2.41. The second kappa shape index (κ2) is 5.95. The standard InChI is InChI=1S/C15H27N5/c1-15(2,3)14-18-12(16)9-13(19-14)17-10-11-5-7-20(4)8-6-11/h9,11H,5-8,10H2,1-4H3,(H3,16,17,18,19). The van der Waals surface area contributed by atoms with Crippen molar-refractivity contribution in [3.8, 4) is 0 Å². The van der Waals surface area contributed by atoms with E-state index in [0.717, 1.165) is 24.1 Å². The lowest BCUT2D eigenvalue weighted by atomic mass is 9.95. The van der Waals surface area contributed by atoms with Gasteiger partial charge in [0.25, 0.3) is 0 Å². The lowest BCUT2D eigenvalue weighted by molar-refractivity contribution is 0.226. The fraction of sp³-hybridized carbons (Fsp3) is 0.733. The maximum Gasteiger partial charge on any atom is 0.138 e. The van der Waals surface area contributed by atoms with Gasteiger partial charge in [0.2, 0.25) is 0 Å². The third-order valence-corrected chi connectivity index (χ3v) is 3.83. The quantitative estimate of drug-likeness (QED) is 0.885. The summed E-state index contributed by atoms with van der Waals surface area (Å²) in [5.41, 5.74) is 5.80. The fourth-order valence-corrected chi connectivity index (χ4v) is 2.41. The number of hydrogen-bond acceptors (Lipinski definition) is 5. The monoisotopic (exact) mass is 277 g/mol. The zero-order valence-electron chi connectivity index (χ0n) is 13.1. The van der Waals surface area contributed by atoms with Crippen molar-refractivity contribution in [2.75, 3.05) is 37.7 Å². The van der Waals surface area contributed by atoms with Crippen LogP contribution in [0.3, 0.4) is 0 Å². The van der Waals surface area contributed by atoms with Gasteiger partial charge in [-0.05, 0) is 38.9 Å². The molecule has 0 saturated carbocycles. The molecule has 112 valence electrons. The average Bonchev–Trinajstić information content (AvgIpc) is 2.36. The number of nitrogens with two attached hydrogens (primary N) is 1. The van der Waals surface area contributed by atoms with Gasteiger partial charge in [0.15, 0.2) is 0 Å². The molecule has 0 radical (unpaired) electrons. The van der Waals surface area contributed by atoms with Crippen molar-refractivity contribution in [3.63, 3.8) is 0 Å². The lowest BCUT2D eigenvalue weighted by Crippen LogP contribution is -2.33. The third-order valence-electron chi connectivity index (χ3n) is 3.83. The molecule has 0 aliphatic carbocycles. The molecule has 1 fully saturated rings. The molecule has 2 rings (SSSR count). The van der Waals surface area contributed by atoms with Crippen molar-refractivity contribution >= 4 is 11.6 Å². The van der Waals surface area contributed by atoms with Gasteiger partial charge in [-0.15, -0.1) is 0 Å². The Bertz CT molecular complexity index is 444. The predicted octanol–water partition coefficient (Wildman–Crippen LogP) is 2.11. The summed E-state index contributed by atoms with van der Waals surface area (Å²) in [6, 6.07) is 1.82. The van der Waals surface area contributed by atoms with Crippen LogP contribution >= 0.6 is 0 Å². The second-order valence-corrected chi connectivity index (χ2v) is 6.88. The van der Waals surface area contributed by atoms with Gasteiger partial charge in [0, 0.05) is 18.0 Å². The first kappa shape index (κ1) is 15.0. The number of nitrogens with one attached hydrogen (secondary N) is 1. The maximum atomic E-state index is 5.89. The van der Waals surface area contributed by atoms with Gasteiger partial charge < -0.3 is 16.0 Å². The number of rotatable bonds is 3. The number of aromatic nitrogens is 2. The zero-order valence-corrected chi connectivity index (χ0v) is 13.1. The van der Waals surface area contributed by atoms with Gasteiger partial charge in [0.05, 0.1) is 0 Å². The predicted molar refractivity (Wildman–Crippen MR) is 83.9 cm³/mol. The molecule has 0 amide bonds. The van der Waals surface area contributed by atoms with Crippen LogP contribution in [0.1, 0.15) is 39.4 Å². The summed E-state index contributed by atoms with van der Waals surface area (Å²) >= 11 is 0. The number of anilines is 2. The Hall–Kier alpha value is -1.36. The molecule has 0 atom stereocenters. The first-order valence-electron chi connectivity index (χ1n) is 7.42. The molecule has 0 aromatic carbocycles. The van der Waals surface area contributed by atoms with Crippen LogP contribution in [0.2, 0.25) is 0 Å². The summed E-state index contributed by atoms with van der Waals surface area (Å²) in [4.78, 5) is 11.3. The average molecular weight is 277 g/mol. The topological polar surface area (TPSA) is 67.1 Å². The molecule has 1 aromatic heterocycles. The van der Waals surface area contributed by atoms with E-state index in [4.69, 9.17) is 5.73 Å². The first-order valence-corrected chi connectivity index (χ1v) is 7.42. The highest BCUT2D eigenvalue weighted by molar-refractivity contribution is 5.45. The molecule has 20 heavy (non-hydrogen) atoms. The second-order valence-electron chi connectivity index (χ2n) is 6.88. The van der Waals surface area contributed by atoms with Crippen molar-refractivity contribution in [3.05, 3.63) is 11.9 Å². The normalized spacial score (nSPS) is 18.2. The van der Waals surface area contributed by atoms with Crippen molar-refractivity contribution in [2.45, 2.75) is 39.0 Å². The summed E-state index contributed by atoms with van der Waals surface area (Å²) in [6.07, 6.45) is 2.49. The van der Waals surface area contributed by atoms with Crippen LogP contribution in [0.25, 0.3) is 0 Å². The van der Waals surface area contributed by atoms with E-state index < -0.39 is 0 Å². The molecule has 1 aromatic rings. The summed E-state index contributed by atoms with van der Waals surface area (Å²) < 4.78 is 0. The van der Waals surface area contributed by atoms with Crippen molar-refractivity contribution < 1.29 is 0 Å². The Kier molecular flexibility index (Phi) is 4.48. The minimum Gasteiger partial charge on any atom is -0.384 e. The van der Waals surface area contributed by atoms with Crippen molar-refractivity contribution in [2.24, 2.45) is 5.92 Å². The van der Waals surface area contributed by atoms with E-state index in [-0.39, 0.29) is 5.41 Å². The summed E-state index contributed by atoms with van der Waals surface area (Å²) in [7, 11) is 2.18. The van der Waals surface area contributed by atoms with Crippen LogP contribution in [-0.4, -0.2) is 41.5 Å². The van der Waals surface area contributed by atoms with E-state index in [1.54, 1.807) is 0 Å². The minimum atomic E-state index is -0.0840. The maximum absolute atomic E-state index is 5.89. The molecular weight excluding hydrogens is 250 g/mol. The minimum absolute atomic E-state index is 0.0840. The van der Waals surface area contributed by atoms with Gasteiger partial charge in [-0.25, -0.2) is 9.97 Å². The Morgan fingerprint density at radius 2 is 1.95 bits per heavy atom. The smallest absolute Gasteiger partial charge is 0.138 e. The Morgan fingerprint density at radius 1 is 1.30 bits per heavy atom. The molecule has 1 aliphatic rings. The van der Waals surface area contributed by atoms with Crippen LogP contribution < -0.4 is 11.1 Å². The molecule has 3 N–H and O–H groups in total. The van der Waals surface area contributed by atoms with E-state index in [0.29, 0.717) is 5.82 Å². The van der Waals surface area contributed by atoms with Gasteiger partial charge in [-0.1, -0.05) is 20.8 Å². The highest BCUT2D eigenvalue weighted by Crippen LogP contribution is 2.22. The summed E-state index contributed by atoms with van der Waals surface area (Å²) in [6.45, 7) is 9.64. The molecule has 5 heteroatoms. The van der Waals surface area contributed by atoms with E-state index in [1.165, 1.54) is 25.9 Å². The Labute approximate surface area is 122 Å². The Balaban J connectivity index is 1.97. The highest BCUT2D eigenvalue weighted by Gasteiger charge is 2.20. The van der Waals surface area contributed by atoms with E-state index in [1.807, 2.05) is 6.07 Å². The number of likely N-dealkylation sites (tertiary alicyclic amines) is 1. The highest BCUT2D eigenvalue weighted by atomic mass is 15.1. The van der Waals surface area contributed by atoms with Crippen LogP contribution in [0.15, 0.2) is 6.07 Å². The molecule has 0 bridgehead atoms. The number of hydrogen-bond donors (Lipinski definition) is 2. The van der Waals surface area contributed by atoms with Crippen LogP contribution in [0.4, 0.5) is 11.6 Å². The summed E-state index contributed by atoms with van der Waals surface area (Å²) in [5, 5.41) is 3.43. The number of nitrogen functional groups attached to an aromatic ring is 1. The van der Waals surface area contributed by atoms with Crippen molar-refractivity contribution in [1.29, 1.82) is 0 Å². The molecule has 1 aliphatic heterocycles. The van der Waals surface area contributed by atoms with Crippen LogP contribution in [0, 0.1) is 5.92 Å². The van der Waals surface area contributed by atoms with Gasteiger partial charge >= 0.3 is 0 Å². The molecule has 2 heterocycles. The molecule has 5 nitrogen and oxygen atoms in total. The van der Waals surface area contributed by atoms with E-state index in [2.05, 4.69) is 48.0 Å². The van der Waals surface area contributed by atoms with E-state index >= 15 is 0 Å². The zero-order chi connectivity index (χ0) is 14.8. The number of nitrogens with zero attached hydrogens (tertiary/aromatic N) is 3. The van der Waals surface area contributed by atoms with E-state index in [9.17, 15) is 0 Å². The largest absolute Gasteiger partial charge is 0.384 e. The van der Waals surface area contributed by atoms with Gasteiger partial charge in [-0.3, -0.25) is 0 Å². The van der Waals surface area contributed by atoms with Crippen molar-refractivity contribution in [1.82, 2.24) is 14.9 Å². The Morgan fingerprint density at radius 3 is 2.55 bits per heavy atom. The molecule has 0 spiro atoms. The van der Waals surface area contributed by atoms with Crippen LogP contribution in [-0.2, 0) is 5.41 Å². The molecular formula is C15H27N5. The van der Waals surface area contributed by atoms with Gasteiger partial charge in [-0.2, -0.15) is 0 Å². The molecule has 0 unspecified atom stereocenters. The third kappa shape index (κ3) is 4.07. The first-order chi connectivity index (χ1) is 9.34. The van der Waals surface area contributed by atoms with Crippen LogP contribution in [0.5, 0.6) is 0 Å². The van der Waals surface area contributed by atoms with Gasteiger partial charge in [0.1, 0.15) is 17.5 Å². The SMILES string of the molecule is CN1CCC(CNc2cc(N)nc(C(C)(C)C)n2)CC1.